The van der Waals surface area contributed by atoms with Crippen LogP contribution in [0.25, 0.3) is 0 Å². The predicted octanol–water partition coefficient (Wildman–Crippen LogP) is 2.05. The van der Waals surface area contributed by atoms with Crippen LogP contribution in [0.5, 0.6) is 0 Å². The number of hydrogen-bond donors (Lipinski definition) is 1. The quantitative estimate of drug-likeness (QED) is 0.345. The second kappa shape index (κ2) is 7.21. The minimum Gasteiger partial charge on any atom is -0.418 e. The summed E-state index contributed by atoms with van der Waals surface area (Å²) in [6, 6.07) is 0. The molecule has 1 aliphatic rings. The van der Waals surface area contributed by atoms with E-state index in [-0.39, 0.29) is 0 Å². The van der Waals surface area contributed by atoms with Crippen molar-refractivity contribution in [3.63, 3.8) is 0 Å². The molecule has 0 spiro atoms. The molecule has 1 rings (SSSR count). The van der Waals surface area contributed by atoms with E-state index in [0.29, 0.717) is 5.92 Å². The van der Waals surface area contributed by atoms with Crippen molar-refractivity contribution in [1.29, 1.82) is 0 Å². The Morgan fingerprint density at radius 3 is 2.31 bits per heavy atom. The van der Waals surface area contributed by atoms with Crippen LogP contribution in [0.15, 0.2) is 24.9 Å². The summed E-state index contributed by atoms with van der Waals surface area (Å²) in [4.78, 5) is 0. The number of allylic oxidation sites excluding steroid dienone is 2. The van der Waals surface area contributed by atoms with Gasteiger partial charge in [-0.3, -0.25) is 0 Å². The molecule has 0 radical (unpaired) electrons. The summed E-state index contributed by atoms with van der Waals surface area (Å²) in [5.74, 6) is 0.424. The normalized spacial score (nSPS) is 18.8. The van der Waals surface area contributed by atoms with E-state index in [1.807, 2.05) is 6.08 Å². The molecule has 1 unspecified atom stereocenters. The predicted molar refractivity (Wildman–Crippen MR) is 57.9 cm³/mol. The van der Waals surface area contributed by atoms with E-state index in [1.165, 1.54) is 0 Å². The summed E-state index contributed by atoms with van der Waals surface area (Å²) >= 11 is 0. The molecule has 0 amide bonds. The molecule has 0 bridgehead atoms. The Hall–Kier alpha value is -1.11. The number of hydrogen-bond acceptors (Lipinski definition) is 1. The molecule has 7 heteroatoms. The highest BCUT2D eigenvalue weighted by atomic mass is 19.5. The maximum Gasteiger partial charge on any atom is 0.673 e. The molecule has 92 valence electrons. The van der Waals surface area contributed by atoms with E-state index in [1.54, 1.807) is 0 Å². The van der Waals surface area contributed by atoms with Gasteiger partial charge in [0.15, 0.2) is 12.4 Å². The minimum absolute atomic E-state index is 0.424. The lowest BCUT2D eigenvalue weighted by Gasteiger charge is -1.94. The standard InChI is InChI=1S/C9H15N2.BF4/c1-2-9-4-7-11(8-9)6-3-5-10;2-1(3,4)5/h2,4,7-9H,1,3,5-6,10H2;/q+1;-1. The summed E-state index contributed by atoms with van der Waals surface area (Å²) in [6.45, 7) is 5.51. The zero-order chi connectivity index (χ0) is 12.6. The van der Waals surface area contributed by atoms with Crippen LogP contribution in [0, 0.1) is 5.92 Å². The van der Waals surface area contributed by atoms with Crippen molar-refractivity contribution >= 4 is 13.5 Å². The number of halogens is 4. The van der Waals surface area contributed by atoms with Gasteiger partial charge in [0.2, 0.25) is 0 Å². The zero-order valence-corrected chi connectivity index (χ0v) is 8.83. The van der Waals surface area contributed by atoms with Crippen molar-refractivity contribution < 1.29 is 21.8 Å². The second-order valence-corrected chi connectivity index (χ2v) is 3.18. The van der Waals surface area contributed by atoms with Crippen LogP contribution in [0.3, 0.4) is 0 Å². The lowest BCUT2D eigenvalue weighted by Crippen LogP contribution is -2.11. The van der Waals surface area contributed by atoms with Gasteiger partial charge in [-0.2, -0.15) is 0 Å². The maximum atomic E-state index is 9.75. The van der Waals surface area contributed by atoms with Gasteiger partial charge < -0.3 is 23.0 Å². The topological polar surface area (TPSA) is 29.0 Å². The zero-order valence-electron chi connectivity index (χ0n) is 8.83. The Bertz CT molecular complexity index is 267. The van der Waals surface area contributed by atoms with Crippen molar-refractivity contribution in [2.24, 2.45) is 11.7 Å². The Morgan fingerprint density at radius 2 is 1.94 bits per heavy atom. The van der Waals surface area contributed by atoms with Gasteiger partial charge in [0.05, 0.1) is 5.92 Å². The Kier molecular flexibility index (Phi) is 6.72. The molecule has 0 aliphatic carbocycles. The van der Waals surface area contributed by atoms with Gasteiger partial charge in [-0.15, -0.1) is 6.58 Å². The second-order valence-electron chi connectivity index (χ2n) is 3.18. The fourth-order valence-electron chi connectivity index (χ4n) is 1.09. The van der Waals surface area contributed by atoms with Gasteiger partial charge in [-0.05, 0) is 12.6 Å². The summed E-state index contributed by atoms with van der Waals surface area (Å²) in [5.41, 5.74) is 5.39. The summed E-state index contributed by atoms with van der Waals surface area (Å²) in [7, 11) is -6.00. The Labute approximate surface area is 92.2 Å². The molecule has 16 heavy (non-hydrogen) atoms. The molecule has 0 aromatic heterocycles. The highest BCUT2D eigenvalue weighted by molar-refractivity contribution is 6.50. The molecule has 0 saturated heterocycles. The molecular formula is C9H15BF4N2. The SMILES string of the molecule is C=CC1C=C[N+](CCCN)=C1.F[B-](F)(F)F. The van der Waals surface area contributed by atoms with Crippen LogP contribution in [0.4, 0.5) is 17.3 Å². The minimum atomic E-state index is -6.00. The van der Waals surface area contributed by atoms with E-state index < -0.39 is 7.25 Å². The van der Waals surface area contributed by atoms with Crippen molar-refractivity contribution in [2.75, 3.05) is 13.1 Å². The van der Waals surface area contributed by atoms with Gasteiger partial charge in [0, 0.05) is 6.42 Å². The van der Waals surface area contributed by atoms with Gasteiger partial charge in [-0.25, -0.2) is 4.58 Å². The number of nitrogens with zero attached hydrogens (tertiary/aromatic N) is 1. The third kappa shape index (κ3) is 9.45. The fourth-order valence-corrected chi connectivity index (χ4v) is 1.09. The highest BCUT2D eigenvalue weighted by Crippen LogP contribution is 2.06. The third-order valence-electron chi connectivity index (χ3n) is 1.76. The van der Waals surface area contributed by atoms with Gasteiger partial charge in [-0.1, -0.05) is 6.08 Å². The van der Waals surface area contributed by atoms with Crippen molar-refractivity contribution in [1.82, 2.24) is 0 Å². The van der Waals surface area contributed by atoms with Crippen LogP contribution < -0.4 is 5.73 Å². The molecule has 2 N–H and O–H groups in total. The molecule has 1 atom stereocenters. The average molecular weight is 238 g/mol. The smallest absolute Gasteiger partial charge is 0.418 e. The first-order valence-corrected chi connectivity index (χ1v) is 4.86. The fraction of sp³-hybridized carbons (Fsp3) is 0.444. The van der Waals surface area contributed by atoms with E-state index in [0.717, 1.165) is 19.5 Å². The molecule has 0 aromatic carbocycles. The van der Waals surface area contributed by atoms with Gasteiger partial charge in [0.1, 0.15) is 6.54 Å². The molecule has 0 aromatic rings. The van der Waals surface area contributed by atoms with Crippen LogP contribution >= 0.6 is 0 Å². The first-order valence-electron chi connectivity index (χ1n) is 4.86. The molecule has 0 fully saturated rings. The number of rotatable bonds is 4. The molecule has 2 nitrogen and oxygen atoms in total. The van der Waals surface area contributed by atoms with Crippen molar-refractivity contribution in [3.8, 4) is 0 Å². The first-order chi connectivity index (χ1) is 7.36. The largest absolute Gasteiger partial charge is 0.673 e. The van der Waals surface area contributed by atoms with Crippen LogP contribution in [-0.4, -0.2) is 31.1 Å². The Balaban J connectivity index is 0.000000385. The van der Waals surface area contributed by atoms with Crippen molar-refractivity contribution in [3.05, 3.63) is 24.9 Å². The third-order valence-corrected chi connectivity index (χ3v) is 1.76. The molecule has 1 aliphatic heterocycles. The Morgan fingerprint density at radius 1 is 1.38 bits per heavy atom. The maximum absolute atomic E-state index is 9.75. The van der Waals surface area contributed by atoms with E-state index in [9.17, 15) is 17.3 Å². The molecular weight excluding hydrogens is 223 g/mol. The lowest BCUT2D eigenvalue weighted by atomic mass is 10.2. The van der Waals surface area contributed by atoms with E-state index >= 15 is 0 Å². The van der Waals surface area contributed by atoms with Crippen molar-refractivity contribution in [2.45, 2.75) is 6.42 Å². The van der Waals surface area contributed by atoms with Gasteiger partial charge >= 0.3 is 7.25 Å². The summed E-state index contributed by atoms with van der Waals surface area (Å²) < 4.78 is 41.2. The lowest BCUT2D eigenvalue weighted by molar-refractivity contribution is -0.449. The van der Waals surface area contributed by atoms with E-state index in [4.69, 9.17) is 5.73 Å². The highest BCUT2D eigenvalue weighted by Gasteiger charge is 2.20. The monoisotopic (exact) mass is 238 g/mol. The average Bonchev–Trinajstić information content (AvgIpc) is 2.59. The summed E-state index contributed by atoms with van der Waals surface area (Å²) in [6.07, 6.45) is 9.35. The van der Waals surface area contributed by atoms with Crippen LogP contribution in [0.2, 0.25) is 0 Å². The van der Waals surface area contributed by atoms with Gasteiger partial charge in [0.25, 0.3) is 0 Å². The van der Waals surface area contributed by atoms with Crippen LogP contribution in [0.1, 0.15) is 6.42 Å². The number of nitrogens with two attached hydrogens (primary N) is 1. The van der Waals surface area contributed by atoms with E-state index in [2.05, 4.69) is 29.6 Å². The molecule has 0 saturated carbocycles. The van der Waals surface area contributed by atoms with Crippen LogP contribution in [-0.2, 0) is 0 Å². The molecule has 1 heterocycles. The first kappa shape index (κ1) is 14.9. The summed E-state index contributed by atoms with van der Waals surface area (Å²) in [5, 5.41) is 0.